The van der Waals surface area contributed by atoms with Gasteiger partial charge in [0.15, 0.2) is 5.78 Å². The van der Waals surface area contributed by atoms with Crippen LogP contribution in [0.1, 0.15) is 34.3 Å². The summed E-state index contributed by atoms with van der Waals surface area (Å²) in [5.74, 6) is 0.859. The van der Waals surface area contributed by atoms with Crippen LogP contribution in [-0.4, -0.2) is 5.78 Å². The average Bonchev–Trinajstić information content (AvgIpc) is 2.47. The van der Waals surface area contributed by atoms with Crippen molar-refractivity contribution in [2.24, 2.45) is 0 Å². The Balaban J connectivity index is 1.80. The van der Waals surface area contributed by atoms with E-state index in [1.54, 1.807) is 18.2 Å². The van der Waals surface area contributed by atoms with E-state index >= 15 is 0 Å². The highest BCUT2D eigenvalue weighted by Crippen LogP contribution is 2.28. The van der Waals surface area contributed by atoms with Gasteiger partial charge in [-0.25, -0.2) is 0 Å². The third-order valence-electron chi connectivity index (χ3n) is 3.68. The summed E-state index contributed by atoms with van der Waals surface area (Å²) in [6, 6.07) is 11.0. The molecule has 0 amide bonds. The lowest BCUT2D eigenvalue weighted by molar-refractivity contribution is 0.0972. The maximum absolute atomic E-state index is 11.9. The zero-order valence-corrected chi connectivity index (χ0v) is 12.9. The monoisotopic (exact) mass is 320 g/mol. The number of rotatable bonds is 3. The van der Waals surface area contributed by atoms with E-state index in [2.05, 4.69) is 0 Å². The van der Waals surface area contributed by atoms with Gasteiger partial charge in [-0.15, -0.1) is 0 Å². The first-order valence-electron chi connectivity index (χ1n) is 6.87. The van der Waals surface area contributed by atoms with Crippen LogP contribution in [0.4, 0.5) is 0 Å². The Morgan fingerprint density at radius 3 is 2.57 bits per heavy atom. The lowest BCUT2D eigenvalue weighted by Crippen LogP contribution is -2.10. The van der Waals surface area contributed by atoms with Crippen LogP contribution >= 0.6 is 23.2 Å². The second-order valence-corrected chi connectivity index (χ2v) is 5.90. The Bertz CT molecular complexity index is 675. The van der Waals surface area contributed by atoms with Crippen LogP contribution in [0, 0.1) is 0 Å². The standard InChI is InChI=1S/C17H14Cl2O2/c18-15-4-2-5-16(19)14(15)10-21-12-8-7-11-3-1-6-17(20)13(11)9-12/h2,4-5,7-9H,1,3,6,10H2. The smallest absolute Gasteiger partial charge is 0.163 e. The van der Waals surface area contributed by atoms with Crippen LogP contribution in [0.3, 0.4) is 0 Å². The first-order valence-corrected chi connectivity index (χ1v) is 7.62. The molecule has 0 saturated heterocycles. The molecule has 0 radical (unpaired) electrons. The van der Waals surface area contributed by atoms with Gasteiger partial charge in [-0.1, -0.05) is 35.3 Å². The minimum absolute atomic E-state index is 0.192. The molecule has 21 heavy (non-hydrogen) atoms. The number of carbonyl (C=O) groups is 1. The number of ketones is 1. The van der Waals surface area contributed by atoms with Gasteiger partial charge in [0.2, 0.25) is 0 Å². The van der Waals surface area contributed by atoms with Crippen molar-refractivity contribution >= 4 is 29.0 Å². The minimum atomic E-state index is 0.192. The number of halogens is 2. The summed E-state index contributed by atoms with van der Waals surface area (Å²) in [5.41, 5.74) is 2.64. The second-order valence-electron chi connectivity index (χ2n) is 5.08. The Morgan fingerprint density at radius 1 is 1.05 bits per heavy atom. The highest BCUT2D eigenvalue weighted by molar-refractivity contribution is 6.35. The first-order chi connectivity index (χ1) is 10.1. The summed E-state index contributed by atoms with van der Waals surface area (Å²) in [7, 11) is 0. The maximum Gasteiger partial charge on any atom is 0.163 e. The van der Waals surface area contributed by atoms with Crippen LogP contribution in [0.15, 0.2) is 36.4 Å². The van der Waals surface area contributed by atoms with Crippen molar-refractivity contribution in [3.8, 4) is 5.75 Å². The molecule has 2 aromatic carbocycles. The molecule has 0 bridgehead atoms. The highest BCUT2D eigenvalue weighted by Gasteiger charge is 2.17. The third-order valence-corrected chi connectivity index (χ3v) is 4.38. The predicted octanol–water partition coefficient (Wildman–Crippen LogP) is 5.09. The van der Waals surface area contributed by atoms with Crippen LogP contribution in [0.25, 0.3) is 0 Å². The summed E-state index contributed by atoms with van der Waals surface area (Å²) in [5, 5.41) is 1.16. The molecule has 0 aromatic heterocycles. The lowest BCUT2D eigenvalue weighted by Gasteiger charge is -2.16. The van der Waals surface area contributed by atoms with Crippen LogP contribution in [0.5, 0.6) is 5.75 Å². The van der Waals surface area contributed by atoms with E-state index in [0.29, 0.717) is 22.2 Å². The average molecular weight is 321 g/mol. The van der Waals surface area contributed by atoms with E-state index in [0.717, 1.165) is 29.5 Å². The maximum atomic E-state index is 11.9. The first kappa shape index (κ1) is 14.4. The molecule has 4 heteroatoms. The van der Waals surface area contributed by atoms with Gasteiger partial charge in [-0.05, 0) is 42.7 Å². The quantitative estimate of drug-likeness (QED) is 0.787. The largest absolute Gasteiger partial charge is 0.489 e. The fourth-order valence-corrected chi connectivity index (χ4v) is 3.03. The molecule has 2 nitrogen and oxygen atoms in total. The van der Waals surface area contributed by atoms with Gasteiger partial charge in [0.1, 0.15) is 12.4 Å². The summed E-state index contributed by atoms with van der Waals surface area (Å²) in [4.78, 5) is 11.9. The summed E-state index contributed by atoms with van der Waals surface area (Å²) in [6.07, 6.45) is 2.51. The Labute approximate surface area is 133 Å². The molecule has 0 N–H and O–H groups in total. The van der Waals surface area contributed by atoms with E-state index in [1.165, 1.54) is 0 Å². The van der Waals surface area contributed by atoms with Crippen molar-refractivity contribution < 1.29 is 9.53 Å². The number of fused-ring (bicyclic) bond motifs is 1. The number of carbonyl (C=O) groups excluding carboxylic acids is 1. The molecule has 0 spiro atoms. The zero-order chi connectivity index (χ0) is 14.8. The molecule has 1 aliphatic carbocycles. The van der Waals surface area contributed by atoms with Crippen molar-refractivity contribution in [3.05, 3.63) is 63.1 Å². The van der Waals surface area contributed by atoms with Crippen molar-refractivity contribution in [1.29, 1.82) is 0 Å². The Morgan fingerprint density at radius 2 is 1.81 bits per heavy atom. The van der Waals surface area contributed by atoms with Gasteiger partial charge < -0.3 is 4.74 Å². The summed E-state index contributed by atoms with van der Waals surface area (Å²) >= 11 is 12.2. The number of hydrogen-bond acceptors (Lipinski definition) is 2. The van der Waals surface area contributed by atoms with Crippen LogP contribution in [-0.2, 0) is 13.0 Å². The highest BCUT2D eigenvalue weighted by atomic mass is 35.5. The molecule has 108 valence electrons. The molecule has 2 aromatic rings. The van der Waals surface area contributed by atoms with E-state index in [-0.39, 0.29) is 12.4 Å². The second kappa shape index (κ2) is 6.08. The number of aryl methyl sites for hydroxylation is 1. The van der Waals surface area contributed by atoms with Gasteiger partial charge in [-0.2, -0.15) is 0 Å². The normalized spacial score (nSPS) is 13.9. The molecule has 0 saturated carbocycles. The summed E-state index contributed by atoms with van der Waals surface area (Å²) < 4.78 is 5.75. The molecule has 0 atom stereocenters. The van der Waals surface area contributed by atoms with Gasteiger partial charge >= 0.3 is 0 Å². The SMILES string of the molecule is O=C1CCCc2ccc(OCc3c(Cl)cccc3Cl)cc21. The van der Waals surface area contributed by atoms with Gasteiger partial charge in [0.05, 0.1) is 0 Å². The Hall–Kier alpha value is -1.51. The summed E-state index contributed by atoms with van der Waals surface area (Å²) in [6.45, 7) is 0.283. The molecule has 0 aliphatic heterocycles. The van der Waals surface area contributed by atoms with E-state index in [4.69, 9.17) is 27.9 Å². The molecule has 1 aliphatic rings. The molecule has 0 unspecified atom stereocenters. The van der Waals surface area contributed by atoms with Crippen molar-refractivity contribution in [2.45, 2.75) is 25.9 Å². The molecule has 3 rings (SSSR count). The van der Waals surface area contributed by atoms with Crippen molar-refractivity contribution in [2.75, 3.05) is 0 Å². The van der Waals surface area contributed by atoms with Gasteiger partial charge in [-0.3, -0.25) is 4.79 Å². The fraction of sp³-hybridized carbons (Fsp3) is 0.235. The molecule has 0 fully saturated rings. The molecular formula is C17H14Cl2O2. The fourth-order valence-electron chi connectivity index (χ4n) is 2.52. The molecule has 0 heterocycles. The number of hydrogen-bond donors (Lipinski definition) is 0. The number of Topliss-reactive ketones (excluding diaryl/α,β-unsaturated/α-hetero) is 1. The lowest BCUT2D eigenvalue weighted by atomic mass is 9.90. The van der Waals surface area contributed by atoms with E-state index < -0.39 is 0 Å². The van der Waals surface area contributed by atoms with Gasteiger partial charge in [0.25, 0.3) is 0 Å². The zero-order valence-electron chi connectivity index (χ0n) is 11.4. The van der Waals surface area contributed by atoms with E-state index in [9.17, 15) is 4.79 Å². The van der Waals surface area contributed by atoms with Gasteiger partial charge in [0, 0.05) is 27.6 Å². The topological polar surface area (TPSA) is 26.3 Å². The van der Waals surface area contributed by atoms with Crippen LogP contribution < -0.4 is 4.74 Å². The van der Waals surface area contributed by atoms with Crippen molar-refractivity contribution in [1.82, 2.24) is 0 Å². The number of ether oxygens (including phenoxy) is 1. The minimum Gasteiger partial charge on any atom is -0.489 e. The number of benzene rings is 2. The Kier molecular flexibility index (Phi) is 4.18. The van der Waals surface area contributed by atoms with Crippen LogP contribution in [0.2, 0.25) is 10.0 Å². The third kappa shape index (κ3) is 3.07. The van der Waals surface area contributed by atoms with Crippen molar-refractivity contribution in [3.63, 3.8) is 0 Å². The molecular weight excluding hydrogens is 307 g/mol. The predicted molar refractivity (Wildman–Crippen MR) is 84.5 cm³/mol. The van der Waals surface area contributed by atoms with E-state index in [1.807, 2.05) is 18.2 Å².